The van der Waals surface area contributed by atoms with Crippen LogP contribution < -0.4 is 21.3 Å². The molecule has 8 aliphatic rings. The molecule has 16 heteroatoms. The van der Waals surface area contributed by atoms with E-state index in [2.05, 4.69) is 186 Å². The average molecular weight is 1300 g/mol. The standard InChI is InChI=1S/4C20H27N3O/c4*1-3-7-23-12-14(10-21-13(2)24)8-17-16-5-4-6-18-20(16)15(11-22-18)9-19(17)23/h4*4-6,11,14,17,19,22H,3,7-10,12H2,1-2H3,(H,21,24)/t4*14-,17+,19+/m0000/s1. The fourth-order valence-corrected chi connectivity index (χ4v) is 19.5. The Hall–Kier alpha value is -7.24. The van der Waals surface area contributed by atoms with Gasteiger partial charge in [0.15, 0.2) is 0 Å². The molecule has 4 aromatic carbocycles. The summed E-state index contributed by atoms with van der Waals surface area (Å²) >= 11 is 0. The predicted octanol–water partition coefficient (Wildman–Crippen LogP) is 12.2. The van der Waals surface area contributed by atoms with Gasteiger partial charge in [-0.3, -0.25) is 38.8 Å². The lowest BCUT2D eigenvalue weighted by Crippen LogP contribution is -2.52. The summed E-state index contributed by atoms with van der Waals surface area (Å²) in [6.45, 7) is 27.7. The number of nitrogens with zero attached hydrogens (tertiary/aromatic N) is 4. The molecule has 0 bridgehead atoms. The molecule has 16 rings (SSSR count). The zero-order chi connectivity index (χ0) is 66.7. The van der Waals surface area contributed by atoms with Crippen molar-refractivity contribution in [2.45, 2.75) is 180 Å². The van der Waals surface area contributed by atoms with E-state index in [4.69, 9.17) is 0 Å². The van der Waals surface area contributed by atoms with E-state index in [0.29, 0.717) is 71.5 Å². The second kappa shape index (κ2) is 29.9. The molecule has 0 unspecified atom stereocenters. The van der Waals surface area contributed by atoms with Gasteiger partial charge in [0.25, 0.3) is 0 Å². The van der Waals surface area contributed by atoms with Crippen LogP contribution in [0.25, 0.3) is 43.6 Å². The van der Waals surface area contributed by atoms with Gasteiger partial charge in [-0.1, -0.05) is 76.2 Å². The van der Waals surface area contributed by atoms with Crippen LogP contribution in [0.2, 0.25) is 0 Å². The molecular formula is C80H108N12O4. The first-order valence-electron chi connectivity index (χ1n) is 37.0. The number of rotatable bonds is 16. The van der Waals surface area contributed by atoms with Crippen LogP contribution in [0.5, 0.6) is 0 Å². The molecule has 16 nitrogen and oxygen atoms in total. The van der Waals surface area contributed by atoms with Crippen molar-refractivity contribution in [1.29, 1.82) is 0 Å². The highest BCUT2D eigenvalue weighted by Crippen LogP contribution is 2.49. The van der Waals surface area contributed by atoms with Crippen molar-refractivity contribution in [2.75, 3.05) is 78.5 Å². The summed E-state index contributed by atoms with van der Waals surface area (Å²) < 4.78 is 0. The normalized spacial score (nSPS) is 26.3. The minimum Gasteiger partial charge on any atom is -0.361 e. The minimum absolute atomic E-state index is 0.0813. The Balaban J connectivity index is 0.000000116. The average Bonchev–Trinajstić information content (AvgIpc) is 1.42. The third-order valence-electron chi connectivity index (χ3n) is 23.2. The van der Waals surface area contributed by atoms with Crippen LogP contribution in [0.1, 0.15) is 175 Å². The van der Waals surface area contributed by atoms with Crippen molar-refractivity contribution in [3.8, 4) is 0 Å². The van der Waals surface area contributed by atoms with Gasteiger partial charge in [0.1, 0.15) is 0 Å². The molecule has 4 aliphatic heterocycles. The zero-order valence-corrected chi connectivity index (χ0v) is 58.6. The summed E-state index contributed by atoms with van der Waals surface area (Å²) in [6, 6.07) is 29.2. The van der Waals surface area contributed by atoms with Gasteiger partial charge in [-0.2, -0.15) is 0 Å². The molecule has 96 heavy (non-hydrogen) atoms. The Kier molecular flexibility index (Phi) is 20.9. The van der Waals surface area contributed by atoms with Crippen LogP contribution in [-0.4, -0.2) is 166 Å². The van der Waals surface area contributed by atoms with Gasteiger partial charge in [-0.25, -0.2) is 0 Å². The van der Waals surface area contributed by atoms with Gasteiger partial charge in [0, 0.05) is 196 Å². The van der Waals surface area contributed by atoms with Gasteiger partial charge < -0.3 is 41.2 Å². The maximum atomic E-state index is 11.3. The van der Waals surface area contributed by atoms with E-state index in [1.807, 2.05) is 0 Å². The maximum Gasteiger partial charge on any atom is 0.216 e. The van der Waals surface area contributed by atoms with Gasteiger partial charge >= 0.3 is 0 Å². The topological polar surface area (TPSA) is 193 Å². The van der Waals surface area contributed by atoms with Crippen LogP contribution in [0.15, 0.2) is 97.6 Å². The number of aromatic amines is 4. The Labute approximate surface area is 569 Å². The second-order valence-corrected chi connectivity index (χ2v) is 30.0. The first-order valence-corrected chi connectivity index (χ1v) is 37.0. The molecule has 4 fully saturated rings. The lowest BCUT2D eigenvalue weighted by Gasteiger charge is -2.47. The first kappa shape index (κ1) is 67.3. The van der Waals surface area contributed by atoms with Gasteiger partial charge in [-0.05, 0) is 196 Å². The Morgan fingerprint density at radius 1 is 0.354 bits per heavy atom. The highest BCUT2D eigenvalue weighted by Gasteiger charge is 2.45. The predicted molar refractivity (Wildman–Crippen MR) is 389 cm³/mol. The van der Waals surface area contributed by atoms with E-state index in [0.717, 1.165) is 104 Å². The lowest BCUT2D eigenvalue weighted by atomic mass is 9.72. The lowest BCUT2D eigenvalue weighted by molar-refractivity contribution is -0.120. The molecule has 8 aromatic rings. The molecule has 4 saturated heterocycles. The molecule has 0 spiro atoms. The van der Waals surface area contributed by atoms with E-state index >= 15 is 0 Å². The molecule has 0 saturated carbocycles. The number of aromatic nitrogens is 4. The van der Waals surface area contributed by atoms with Crippen molar-refractivity contribution in [3.05, 3.63) is 142 Å². The van der Waals surface area contributed by atoms with Crippen molar-refractivity contribution < 1.29 is 19.2 Å². The van der Waals surface area contributed by atoms with Crippen molar-refractivity contribution in [1.82, 2.24) is 60.8 Å². The highest BCUT2D eigenvalue weighted by molar-refractivity contribution is 5.91. The fraction of sp³-hybridized carbons (Fsp3) is 0.550. The number of carbonyl (C=O) groups is 4. The summed E-state index contributed by atoms with van der Waals surface area (Å²) in [5.74, 6) is 4.80. The maximum absolute atomic E-state index is 11.3. The molecule has 4 aromatic heterocycles. The largest absolute Gasteiger partial charge is 0.361 e. The number of hydrogen-bond donors (Lipinski definition) is 8. The number of piperidine rings is 4. The number of hydrogen-bond acceptors (Lipinski definition) is 8. The molecule has 8 N–H and O–H groups in total. The molecule has 0 radical (unpaired) electrons. The third-order valence-corrected chi connectivity index (χ3v) is 23.2. The summed E-state index contributed by atoms with van der Waals surface area (Å²) in [4.78, 5) is 69.8. The SMILES string of the molecule is CCCN1C[C@H](CNC(C)=O)C[C@@H]2c3cccc4[nH]cc(c34)C[C@H]21.CCCN1C[C@H](CNC(C)=O)C[C@@H]2c3cccc4[nH]cc(c34)C[C@H]21.CCCN1C[C@H](CNC(C)=O)C[C@@H]2c3cccc4[nH]cc(c34)C[C@H]21.CCCN1C[C@H](CNC(C)=O)C[C@@H]2c3cccc4[nH]cc(c34)C[C@H]21. The molecule has 8 heterocycles. The summed E-state index contributed by atoms with van der Waals surface area (Å²) in [5, 5.41) is 18.0. The second-order valence-electron chi connectivity index (χ2n) is 30.0. The number of H-pyrrole nitrogens is 4. The van der Waals surface area contributed by atoms with E-state index in [9.17, 15) is 19.2 Å². The minimum atomic E-state index is 0.0813. The van der Waals surface area contributed by atoms with E-state index in [-0.39, 0.29) is 23.6 Å². The summed E-state index contributed by atoms with van der Waals surface area (Å²) in [6.07, 6.45) is 22.8. The van der Waals surface area contributed by atoms with Gasteiger partial charge in [0.05, 0.1) is 0 Å². The van der Waals surface area contributed by atoms with E-state index in [1.165, 1.54) is 139 Å². The van der Waals surface area contributed by atoms with Crippen molar-refractivity contribution in [3.63, 3.8) is 0 Å². The summed E-state index contributed by atoms with van der Waals surface area (Å²) in [7, 11) is 0. The number of likely N-dealkylation sites (tertiary alicyclic amines) is 4. The number of carbonyl (C=O) groups excluding carboxylic acids is 4. The molecular weight excluding hydrogens is 1190 g/mol. The van der Waals surface area contributed by atoms with Crippen LogP contribution in [0.4, 0.5) is 0 Å². The monoisotopic (exact) mass is 1300 g/mol. The fourth-order valence-electron chi connectivity index (χ4n) is 19.5. The van der Waals surface area contributed by atoms with E-state index < -0.39 is 0 Å². The van der Waals surface area contributed by atoms with Crippen LogP contribution in [-0.2, 0) is 44.9 Å². The zero-order valence-electron chi connectivity index (χ0n) is 58.6. The highest BCUT2D eigenvalue weighted by atomic mass is 16.2. The summed E-state index contributed by atoms with van der Waals surface area (Å²) in [5.41, 5.74) is 17.0. The smallest absolute Gasteiger partial charge is 0.216 e. The number of nitrogens with one attached hydrogen (secondary N) is 8. The quantitative estimate of drug-likeness (QED) is 0.0468. The van der Waals surface area contributed by atoms with Crippen LogP contribution >= 0.6 is 0 Å². The van der Waals surface area contributed by atoms with E-state index in [1.54, 1.807) is 27.7 Å². The van der Waals surface area contributed by atoms with Crippen LogP contribution in [0.3, 0.4) is 0 Å². The number of amides is 4. The molecule has 4 aliphatic carbocycles. The first-order chi connectivity index (χ1) is 46.7. The van der Waals surface area contributed by atoms with Gasteiger partial charge in [-0.15, -0.1) is 0 Å². The Morgan fingerprint density at radius 3 is 0.771 bits per heavy atom. The van der Waals surface area contributed by atoms with Gasteiger partial charge in [0.2, 0.25) is 23.6 Å². The number of fused-ring (bicyclic) bond motifs is 8. The Bertz CT molecular complexity index is 3510. The molecule has 512 valence electrons. The third kappa shape index (κ3) is 14.1. The number of benzene rings is 4. The Morgan fingerprint density at radius 2 is 0.573 bits per heavy atom. The van der Waals surface area contributed by atoms with Crippen molar-refractivity contribution >= 4 is 67.2 Å². The molecule has 12 atom stereocenters. The van der Waals surface area contributed by atoms with Crippen molar-refractivity contribution in [2.24, 2.45) is 23.7 Å². The molecule has 4 amide bonds. The van der Waals surface area contributed by atoms with Crippen LogP contribution in [0, 0.1) is 23.7 Å².